The van der Waals surface area contributed by atoms with Crippen molar-refractivity contribution in [2.75, 3.05) is 18.1 Å². The van der Waals surface area contributed by atoms with Crippen molar-refractivity contribution in [1.29, 1.82) is 0 Å². The van der Waals surface area contributed by atoms with E-state index in [9.17, 15) is 23.3 Å². The summed E-state index contributed by atoms with van der Waals surface area (Å²) in [4.78, 5) is 24.5. The van der Waals surface area contributed by atoms with Crippen molar-refractivity contribution in [3.63, 3.8) is 0 Å². The lowest BCUT2D eigenvalue weighted by atomic mass is 10.2. The zero-order valence-electron chi connectivity index (χ0n) is 13.0. The van der Waals surface area contributed by atoms with Gasteiger partial charge >= 0.3 is 5.69 Å². The maximum absolute atomic E-state index is 12.5. The number of nitrogens with zero attached hydrogens (tertiary/aromatic N) is 2. The van der Waals surface area contributed by atoms with E-state index in [1.54, 1.807) is 11.0 Å². The molecule has 0 spiro atoms. The number of ether oxygens (including phenoxy) is 1. The molecule has 1 atom stereocenters. The van der Waals surface area contributed by atoms with Crippen LogP contribution in [0, 0.1) is 10.1 Å². The molecule has 0 unspecified atom stereocenters. The van der Waals surface area contributed by atoms with E-state index in [1.165, 1.54) is 18.2 Å². The minimum atomic E-state index is -3.09. The van der Waals surface area contributed by atoms with Gasteiger partial charge in [0.2, 0.25) is 0 Å². The van der Waals surface area contributed by atoms with Crippen LogP contribution in [0.4, 0.5) is 5.69 Å². The topological polar surface area (TPSA) is 107 Å². The van der Waals surface area contributed by atoms with Gasteiger partial charge in [-0.15, -0.1) is 0 Å². The molecule has 0 aromatic heterocycles. The Morgan fingerprint density at radius 1 is 1.25 bits per heavy atom. The van der Waals surface area contributed by atoms with Crippen LogP contribution in [0.2, 0.25) is 0 Å². The first-order valence-corrected chi connectivity index (χ1v) is 9.57. The van der Waals surface area contributed by atoms with E-state index in [2.05, 4.69) is 0 Å². The van der Waals surface area contributed by atoms with E-state index in [0.29, 0.717) is 6.42 Å². The average Bonchev–Trinajstić information content (AvgIpc) is 3.29. The van der Waals surface area contributed by atoms with E-state index in [4.69, 9.17) is 4.74 Å². The number of benzene rings is 1. The van der Waals surface area contributed by atoms with Crippen molar-refractivity contribution >= 4 is 21.4 Å². The zero-order chi connectivity index (χ0) is 17.3. The Bertz CT molecular complexity index is 759. The van der Waals surface area contributed by atoms with Gasteiger partial charge in [0.25, 0.3) is 5.91 Å². The van der Waals surface area contributed by atoms with E-state index < -0.39 is 14.8 Å². The summed E-state index contributed by atoms with van der Waals surface area (Å²) in [6, 6.07) is 5.60. The summed E-state index contributed by atoms with van der Waals surface area (Å²) in [6.07, 6.45) is 2.15. The molecule has 130 valence electrons. The van der Waals surface area contributed by atoms with Gasteiger partial charge in [-0.25, -0.2) is 8.42 Å². The third-order valence-electron chi connectivity index (χ3n) is 4.24. The van der Waals surface area contributed by atoms with Crippen LogP contribution < -0.4 is 4.74 Å². The van der Waals surface area contributed by atoms with Crippen molar-refractivity contribution in [2.24, 2.45) is 0 Å². The SMILES string of the molecule is O=C(COc1ccccc1[N+](=O)[O-])N(C1CC1)[C@@H]1CCS(=O)(=O)C1. The fourth-order valence-corrected chi connectivity index (χ4v) is 4.71. The zero-order valence-corrected chi connectivity index (χ0v) is 13.8. The standard InChI is InChI=1S/C15H18N2O6S/c18-15(9-23-14-4-2-1-3-13(14)17(19)20)16(11-5-6-11)12-7-8-24(21,22)10-12/h1-4,11-12H,5-10H2/t12-/m1/s1. The molecule has 3 rings (SSSR count). The van der Waals surface area contributed by atoms with Crippen LogP contribution in [0.1, 0.15) is 19.3 Å². The normalized spacial score (nSPS) is 22.1. The van der Waals surface area contributed by atoms with Crippen LogP contribution in [-0.4, -0.2) is 54.3 Å². The maximum atomic E-state index is 12.5. The second-order valence-electron chi connectivity index (χ2n) is 6.10. The molecular weight excluding hydrogens is 336 g/mol. The first-order chi connectivity index (χ1) is 11.4. The van der Waals surface area contributed by atoms with Crippen LogP contribution in [0.15, 0.2) is 24.3 Å². The molecule has 24 heavy (non-hydrogen) atoms. The van der Waals surface area contributed by atoms with Gasteiger partial charge in [-0.3, -0.25) is 14.9 Å². The van der Waals surface area contributed by atoms with Gasteiger partial charge in [0.1, 0.15) is 0 Å². The number of amides is 1. The van der Waals surface area contributed by atoms with E-state index in [-0.39, 0.29) is 47.5 Å². The highest BCUT2D eigenvalue weighted by Gasteiger charge is 2.42. The molecule has 1 aliphatic carbocycles. The number of nitro benzene ring substituents is 1. The molecule has 1 amide bonds. The van der Waals surface area contributed by atoms with Crippen LogP contribution in [0.25, 0.3) is 0 Å². The van der Waals surface area contributed by atoms with Gasteiger partial charge in [0, 0.05) is 18.2 Å². The second-order valence-corrected chi connectivity index (χ2v) is 8.33. The molecule has 1 saturated carbocycles. The summed E-state index contributed by atoms with van der Waals surface area (Å²) in [5.41, 5.74) is -0.202. The summed E-state index contributed by atoms with van der Waals surface area (Å²) in [5, 5.41) is 11.0. The lowest BCUT2D eigenvalue weighted by molar-refractivity contribution is -0.385. The van der Waals surface area contributed by atoms with Gasteiger partial charge in [-0.05, 0) is 25.3 Å². The number of hydrogen-bond donors (Lipinski definition) is 0. The first kappa shape index (κ1) is 16.7. The number of para-hydroxylation sites is 2. The molecule has 0 bridgehead atoms. The maximum Gasteiger partial charge on any atom is 0.310 e. The summed E-state index contributed by atoms with van der Waals surface area (Å²) in [5.74, 6) is -0.205. The van der Waals surface area contributed by atoms with Crippen LogP contribution in [0.5, 0.6) is 5.75 Å². The van der Waals surface area contributed by atoms with Crippen LogP contribution >= 0.6 is 0 Å². The van der Waals surface area contributed by atoms with E-state index in [1.807, 2.05) is 0 Å². The van der Waals surface area contributed by atoms with Gasteiger partial charge < -0.3 is 9.64 Å². The Kier molecular flexibility index (Phi) is 4.44. The quantitative estimate of drug-likeness (QED) is 0.560. The van der Waals surface area contributed by atoms with Crippen molar-refractivity contribution in [1.82, 2.24) is 4.90 Å². The Hall–Kier alpha value is -2.16. The number of carbonyl (C=O) groups excluding carboxylic acids is 1. The summed E-state index contributed by atoms with van der Waals surface area (Å²) in [7, 11) is -3.09. The lowest BCUT2D eigenvalue weighted by Crippen LogP contribution is -2.45. The smallest absolute Gasteiger partial charge is 0.310 e. The fourth-order valence-electron chi connectivity index (χ4n) is 3.00. The molecule has 1 aliphatic heterocycles. The number of rotatable bonds is 6. The van der Waals surface area contributed by atoms with Gasteiger partial charge in [-0.1, -0.05) is 12.1 Å². The van der Waals surface area contributed by atoms with Crippen molar-refractivity contribution in [3.05, 3.63) is 34.4 Å². The number of hydrogen-bond acceptors (Lipinski definition) is 6. The highest BCUT2D eigenvalue weighted by atomic mass is 32.2. The summed E-state index contributed by atoms with van der Waals surface area (Å²) >= 11 is 0. The summed E-state index contributed by atoms with van der Waals surface area (Å²) in [6.45, 7) is -0.335. The molecule has 0 N–H and O–H groups in total. The van der Waals surface area contributed by atoms with Crippen molar-refractivity contribution < 1.29 is 22.9 Å². The van der Waals surface area contributed by atoms with Gasteiger partial charge in [0.15, 0.2) is 22.2 Å². The molecule has 0 radical (unpaired) electrons. The average molecular weight is 354 g/mol. The monoisotopic (exact) mass is 354 g/mol. The molecule has 1 saturated heterocycles. The molecule has 8 nitrogen and oxygen atoms in total. The van der Waals surface area contributed by atoms with E-state index >= 15 is 0 Å². The largest absolute Gasteiger partial charge is 0.477 e. The second kappa shape index (κ2) is 6.39. The predicted octanol–water partition coefficient (Wildman–Crippen LogP) is 1.15. The lowest BCUT2D eigenvalue weighted by Gasteiger charge is -2.28. The minimum absolute atomic E-state index is 0.0132. The fraction of sp³-hybridized carbons (Fsp3) is 0.533. The molecule has 1 aromatic carbocycles. The highest BCUT2D eigenvalue weighted by molar-refractivity contribution is 7.91. The van der Waals surface area contributed by atoms with Crippen LogP contribution in [0.3, 0.4) is 0 Å². The Morgan fingerprint density at radius 2 is 1.96 bits per heavy atom. The van der Waals surface area contributed by atoms with Crippen LogP contribution in [-0.2, 0) is 14.6 Å². The molecule has 1 aromatic rings. The van der Waals surface area contributed by atoms with Crippen molar-refractivity contribution in [3.8, 4) is 5.75 Å². The molecule has 9 heteroatoms. The Morgan fingerprint density at radius 3 is 2.54 bits per heavy atom. The predicted molar refractivity (Wildman–Crippen MR) is 85.5 cm³/mol. The molecular formula is C15H18N2O6S. The third kappa shape index (κ3) is 3.66. The Balaban J connectivity index is 1.68. The number of carbonyl (C=O) groups is 1. The highest BCUT2D eigenvalue weighted by Crippen LogP contribution is 2.33. The Labute approximate surface area is 139 Å². The first-order valence-electron chi connectivity index (χ1n) is 7.75. The number of nitro groups is 1. The minimum Gasteiger partial charge on any atom is -0.477 e. The van der Waals surface area contributed by atoms with Gasteiger partial charge in [-0.2, -0.15) is 0 Å². The van der Waals surface area contributed by atoms with Crippen molar-refractivity contribution in [2.45, 2.75) is 31.3 Å². The molecule has 2 aliphatic rings. The summed E-state index contributed by atoms with van der Waals surface area (Å²) < 4.78 is 28.7. The molecule has 2 fully saturated rings. The van der Waals surface area contributed by atoms with E-state index in [0.717, 1.165) is 12.8 Å². The molecule has 1 heterocycles. The third-order valence-corrected chi connectivity index (χ3v) is 5.99. The number of sulfone groups is 1. The van der Waals surface area contributed by atoms with Gasteiger partial charge in [0.05, 0.1) is 16.4 Å².